The van der Waals surface area contributed by atoms with Crippen LogP contribution in [0.4, 0.5) is 0 Å². The molecule has 1 atom stereocenters. The van der Waals surface area contributed by atoms with Crippen LogP contribution < -0.4 is 10.6 Å². The molecule has 130 valence electrons. The van der Waals surface area contributed by atoms with Gasteiger partial charge in [0.1, 0.15) is 0 Å². The third kappa shape index (κ3) is 3.60. The molecule has 0 radical (unpaired) electrons. The highest BCUT2D eigenvalue weighted by Gasteiger charge is 2.25. The summed E-state index contributed by atoms with van der Waals surface area (Å²) < 4.78 is 1.97. The van der Waals surface area contributed by atoms with Crippen LogP contribution in [-0.4, -0.2) is 34.2 Å². The molecule has 2 heterocycles. The van der Waals surface area contributed by atoms with Crippen LogP contribution in [-0.2, 0) is 13.0 Å². The van der Waals surface area contributed by atoms with Gasteiger partial charge in [-0.3, -0.25) is 9.39 Å². The molecule has 0 saturated carbocycles. The Morgan fingerprint density at radius 3 is 2.84 bits per heavy atom. The maximum Gasteiger partial charge on any atom is 0.191 e. The van der Waals surface area contributed by atoms with Crippen LogP contribution in [0.25, 0.3) is 5.65 Å². The van der Waals surface area contributed by atoms with Gasteiger partial charge in [-0.05, 0) is 29.7 Å². The van der Waals surface area contributed by atoms with Crippen molar-refractivity contribution in [1.29, 1.82) is 0 Å². The van der Waals surface area contributed by atoms with E-state index in [1.54, 1.807) is 7.05 Å². The number of halogens is 1. The number of nitrogens with zero attached hydrogens (tertiary/aromatic N) is 4. The Balaban J connectivity index is 0.00000182. The fourth-order valence-electron chi connectivity index (χ4n) is 3.16. The Bertz CT molecular complexity index is 888. The van der Waals surface area contributed by atoms with E-state index in [9.17, 15) is 0 Å². The van der Waals surface area contributed by atoms with Crippen LogP contribution in [0.5, 0.6) is 0 Å². The summed E-state index contributed by atoms with van der Waals surface area (Å²) >= 11 is 0. The third-order valence-corrected chi connectivity index (χ3v) is 4.50. The second-order valence-electron chi connectivity index (χ2n) is 5.95. The van der Waals surface area contributed by atoms with Crippen molar-refractivity contribution in [2.45, 2.75) is 18.9 Å². The van der Waals surface area contributed by atoms with Crippen molar-refractivity contribution in [2.75, 3.05) is 13.6 Å². The molecular weight excluding hydrogens is 427 g/mol. The molecule has 1 aromatic carbocycles. The van der Waals surface area contributed by atoms with Gasteiger partial charge in [-0.1, -0.05) is 30.3 Å². The van der Waals surface area contributed by atoms with Crippen molar-refractivity contribution in [3.8, 4) is 0 Å². The number of nitrogens with one attached hydrogen (secondary N) is 2. The normalized spacial score (nSPS) is 15.9. The maximum atomic E-state index is 4.29. The molecule has 1 aliphatic rings. The van der Waals surface area contributed by atoms with E-state index >= 15 is 0 Å². The lowest BCUT2D eigenvalue weighted by Gasteiger charge is -2.30. The number of guanidine groups is 1. The average Bonchev–Trinajstić information content (AvgIpc) is 3.01. The molecule has 2 aromatic heterocycles. The second-order valence-corrected chi connectivity index (χ2v) is 5.95. The number of benzene rings is 1. The summed E-state index contributed by atoms with van der Waals surface area (Å²) in [5, 5.41) is 15.1. The zero-order valence-electron chi connectivity index (χ0n) is 14.0. The highest BCUT2D eigenvalue weighted by molar-refractivity contribution is 14.0. The molecule has 1 unspecified atom stereocenters. The first-order valence-corrected chi connectivity index (χ1v) is 8.16. The molecule has 0 saturated heterocycles. The Labute approximate surface area is 163 Å². The second kappa shape index (κ2) is 7.81. The minimum Gasteiger partial charge on any atom is -0.356 e. The van der Waals surface area contributed by atoms with Gasteiger partial charge in [0.25, 0.3) is 0 Å². The Hall–Kier alpha value is -2.16. The largest absolute Gasteiger partial charge is 0.356 e. The van der Waals surface area contributed by atoms with E-state index in [0.29, 0.717) is 12.5 Å². The van der Waals surface area contributed by atoms with Crippen molar-refractivity contribution in [2.24, 2.45) is 4.99 Å². The SMILES string of the molecule is CN=C(NCc1nnc2ccccn12)NCC1Cc2ccccc21.I. The lowest BCUT2D eigenvalue weighted by Crippen LogP contribution is -2.41. The van der Waals surface area contributed by atoms with Crippen LogP contribution in [0.1, 0.15) is 22.9 Å². The van der Waals surface area contributed by atoms with Crippen LogP contribution in [0.15, 0.2) is 53.7 Å². The van der Waals surface area contributed by atoms with Crippen LogP contribution in [0.2, 0.25) is 0 Å². The predicted molar refractivity (Wildman–Crippen MR) is 109 cm³/mol. The average molecular weight is 448 g/mol. The first-order valence-electron chi connectivity index (χ1n) is 8.16. The molecular formula is C18H21IN6. The summed E-state index contributed by atoms with van der Waals surface area (Å²) in [6, 6.07) is 14.5. The monoisotopic (exact) mass is 448 g/mol. The first-order chi connectivity index (χ1) is 11.8. The Morgan fingerprint density at radius 2 is 2.00 bits per heavy atom. The van der Waals surface area contributed by atoms with Crippen LogP contribution in [0, 0.1) is 0 Å². The molecule has 7 heteroatoms. The van der Waals surface area contributed by atoms with Gasteiger partial charge in [0, 0.05) is 25.7 Å². The molecule has 0 aliphatic heterocycles. The number of pyridine rings is 1. The minimum absolute atomic E-state index is 0. The first kappa shape index (κ1) is 17.7. The van der Waals surface area contributed by atoms with Crippen LogP contribution in [0.3, 0.4) is 0 Å². The molecule has 0 bridgehead atoms. The van der Waals surface area contributed by atoms with Gasteiger partial charge in [0.15, 0.2) is 17.4 Å². The maximum absolute atomic E-state index is 4.29. The molecule has 25 heavy (non-hydrogen) atoms. The van der Waals surface area contributed by atoms with E-state index in [1.165, 1.54) is 11.1 Å². The highest BCUT2D eigenvalue weighted by atomic mass is 127. The number of fused-ring (bicyclic) bond motifs is 2. The van der Waals surface area contributed by atoms with Gasteiger partial charge < -0.3 is 10.6 Å². The lowest BCUT2D eigenvalue weighted by molar-refractivity contribution is 0.583. The quantitative estimate of drug-likeness (QED) is 0.366. The van der Waals surface area contributed by atoms with Gasteiger partial charge in [-0.25, -0.2) is 0 Å². The van der Waals surface area contributed by atoms with Gasteiger partial charge in [0.05, 0.1) is 6.54 Å². The molecule has 3 aromatic rings. The topological polar surface area (TPSA) is 66.6 Å². The Morgan fingerprint density at radius 1 is 1.16 bits per heavy atom. The molecule has 1 aliphatic carbocycles. The molecule has 0 spiro atoms. The Kier molecular flexibility index (Phi) is 5.52. The molecule has 0 fully saturated rings. The van der Waals surface area contributed by atoms with Gasteiger partial charge >= 0.3 is 0 Å². The summed E-state index contributed by atoms with van der Waals surface area (Å²) in [4.78, 5) is 4.29. The van der Waals surface area contributed by atoms with Crippen LogP contribution >= 0.6 is 24.0 Å². The van der Waals surface area contributed by atoms with Crippen molar-refractivity contribution in [3.63, 3.8) is 0 Å². The lowest BCUT2D eigenvalue weighted by atomic mass is 9.78. The number of aliphatic imine (C=N–C) groups is 1. The fourth-order valence-corrected chi connectivity index (χ4v) is 3.16. The molecule has 6 nitrogen and oxygen atoms in total. The summed E-state index contributed by atoms with van der Waals surface area (Å²) in [6.45, 7) is 1.46. The predicted octanol–water partition coefficient (Wildman–Crippen LogP) is 2.35. The van der Waals surface area contributed by atoms with E-state index in [1.807, 2.05) is 28.8 Å². The smallest absolute Gasteiger partial charge is 0.191 e. The van der Waals surface area contributed by atoms with E-state index in [-0.39, 0.29) is 24.0 Å². The van der Waals surface area contributed by atoms with E-state index in [2.05, 4.69) is 50.1 Å². The fraction of sp³-hybridized carbons (Fsp3) is 0.278. The number of hydrogen-bond acceptors (Lipinski definition) is 3. The van der Waals surface area contributed by atoms with E-state index < -0.39 is 0 Å². The summed E-state index contributed by atoms with van der Waals surface area (Å²) in [5.41, 5.74) is 3.76. The number of aromatic nitrogens is 3. The summed E-state index contributed by atoms with van der Waals surface area (Å²) in [5.74, 6) is 2.21. The summed E-state index contributed by atoms with van der Waals surface area (Å²) in [6.07, 6.45) is 3.10. The molecule has 0 amide bonds. The standard InChI is InChI=1S/C18H20N6.HI/c1-19-18(20-11-14-10-13-6-2-3-7-15(13)14)21-12-17-23-22-16-8-4-5-9-24(16)17;/h2-9,14H,10-12H2,1H3,(H2,19,20,21);1H. The van der Waals surface area contributed by atoms with Gasteiger partial charge in [-0.2, -0.15) is 0 Å². The molecule has 2 N–H and O–H groups in total. The minimum atomic E-state index is 0. The number of hydrogen-bond donors (Lipinski definition) is 2. The zero-order chi connectivity index (χ0) is 16.4. The van der Waals surface area contributed by atoms with Gasteiger partial charge in [0.2, 0.25) is 0 Å². The van der Waals surface area contributed by atoms with Gasteiger partial charge in [-0.15, -0.1) is 34.2 Å². The molecule has 4 rings (SSSR count). The van der Waals surface area contributed by atoms with Crippen molar-refractivity contribution in [1.82, 2.24) is 25.2 Å². The third-order valence-electron chi connectivity index (χ3n) is 4.50. The van der Waals surface area contributed by atoms with Crippen molar-refractivity contribution >= 4 is 35.6 Å². The highest BCUT2D eigenvalue weighted by Crippen LogP contribution is 2.33. The van der Waals surface area contributed by atoms with Crippen molar-refractivity contribution in [3.05, 3.63) is 65.6 Å². The number of rotatable bonds is 4. The zero-order valence-corrected chi connectivity index (χ0v) is 16.3. The summed E-state index contributed by atoms with van der Waals surface area (Å²) in [7, 11) is 1.78. The van der Waals surface area contributed by atoms with E-state index in [0.717, 1.165) is 30.4 Å². The van der Waals surface area contributed by atoms with Crippen molar-refractivity contribution < 1.29 is 0 Å². The van der Waals surface area contributed by atoms with E-state index in [4.69, 9.17) is 0 Å².